The number of unbranched alkanes of at least 4 members (excludes halogenated alkanes) is 8. The molecule has 1 N–H and O–H groups in total. The molecule has 6 heteroatoms. The second-order valence-electron chi connectivity index (χ2n) is 7.11. The van der Waals surface area contributed by atoms with Crippen LogP contribution in [0.2, 0.25) is 0 Å². The summed E-state index contributed by atoms with van der Waals surface area (Å²) in [5.41, 5.74) is 0. The second-order valence-corrected chi connectivity index (χ2v) is 8.76. The van der Waals surface area contributed by atoms with Crippen LogP contribution in [0.15, 0.2) is 0 Å². The van der Waals surface area contributed by atoms with E-state index in [9.17, 15) is 18.1 Å². The van der Waals surface area contributed by atoms with Crippen molar-refractivity contribution in [1.82, 2.24) is 0 Å². The molecular formula is C19H39KO4S. The van der Waals surface area contributed by atoms with Gasteiger partial charge in [-0.2, -0.15) is 0 Å². The summed E-state index contributed by atoms with van der Waals surface area (Å²) in [6.07, 6.45) is 13.7. The van der Waals surface area contributed by atoms with Crippen LogP contribution in [0.25, 0.3) is 0 Å². The van der Waals surface area contributed by atoms with Gasteiger partial charge in [-0.15, -0.1) is 0 Å². The molecule has 0 rings (SSSR count). The van der Waals surface area contributed by atoms with Crippen LogP contribution in [0.1, 0.15) is 110 Å². The van der Waals surface area contributed by atoms with Crippen LogP contribution < -0.4 is 51.4 Å². The first-order chi connectivity index (χ1) is 11.4. The average molecular weight is 403 g/mol. The standard InChI is InChI=1S/C19H40O4S.K/c1-3-5-7-9-10-11-14-18(20)15-13-17-19(24(21,22)23)16-12-8-6-4-2;/h18-20H,3-17H2,1-2H3,(H,21,22,23);/q;+1/p-1. The Morgan fingerprint density at radius 1 is 0.720 bits per heavy atom. The van der Waals surface area contributed by atoms with Crippen LogP contribution in [0.3, 0.4) is 0 Å². The van der Waals surface area contributed by atoms with Crippen LogP contribution in [-0.4, -0.2) is 29.4 Å². The van der Waals surface area contributed by atoms with Crippen molar-refractivity contribution in [2.24, 2.45) is 0 Å². The molecule has 0 aliphatic heterocycles. The summed E-state index contributed by atoms with van der Waals surface area (Å²) in [6, 6.07) is 0. The van der Waals surface area contributed by atoms with Crippen molar-refractivity contribution in [1.29, 1.82) is 0 Å². The fourth-order valence-corrected chi connectivity index (χ4v) is 4.03. The third-order valence-electron chi connectivity index (χ3n) is 4.74. The Labute approximate surface area is 199 Å². The Morgan fingerprint density at radius 3 is 1.68 bits per heavy atom. The average Bonchev–Trinajstić information content (AvgIpc) is 2.52. The quantitative estimate of drug-likeness (QED) is 0.230. The van der Waals surface area contributed by atoms with Crippen molar-refractivity contribution in [3.8, 4) is 0 Å². The van der Waals surface area contributed by atoms with Gasteiger partial charge < -0.3 is 9.66 Å². The molecule has 0 spiro atoms. The number of aliphatic hydroxyl groups is 1. The largest absolute Gasteiger partial charge is 1.00 e. The second kappa shape index (κ2) is 18.9. The minimum atomic E-state index is -4.21. The van der Waals surface area contributed by atoms with Gasteiger partial charge >= 0.3 is 51.4 Å². The molecule has 0 aromatic rings. The van der Waals surface area contributed by atoms with Gasteiger partial charge in [-0.3, -0.25) is 0 Å². The molecule has 0 saturated heterocycles. The number of hydrogen-bond acceptors (Lipinski definition) is 4. The van der Waals surface area contributed by atoms with E-state index in [1.54, 1.807) is 0 Å². The van der Waals surface area contributed by atoms with Gasteiger partial charge in [0, 0.05) is 5.25 Å². The SMILES string of the molecule is CCCCCCCCC(O)CCCC(CCCCCC)S(=O)(=O)[O-].[K+]. The predicted molar refractivity (Wildman–Crippen MR) is 100 cm³/mol. The summed E-state index contributed by atoms with van der Waals surface area (Å²) in [5.74, 6) is 0. The van der Waals surface area contributed by atoms with E-state index in [0.717, 1.165) is 44.9 Å². The Bertz CT molecular complexity index is 374. The summed E-state index contributed by atoms with van der Waals surface area (Å²) >= 11 is 0. The predicted octanol–water partition coefficient (Wildman–Crippen LogP) is 2.16. The van der Waals surface area contributed by atoms with E-state index in [2.05, 4.69) is 13.8 Å². The van der Waals surface area contributed by atoms with Gasteiger partial charge in [0.25, 0.3) is 0 Å². The van der Waals surface area contributed by atoms with E-state index in [0.29, 0.717) is 25.7 Å². The van der Waals surface area contributed by atoms with E-state index in [4.69, 9.17) is 0 Å². The van der Waals surface area contributed by atoms with Crippen LogP contribution in [0.5, 0.6) is 0 Å². The van der Waals surface area contributed by atoms with Crippen molar-refractivity contribution in [3.63, 3.8) is 0 Å². The maximum Gasteiger partial charge on any atom is 1.00 e. The summed E-state index contributed by atoms with van der Waals surface area (Å²) in [7, 11) is -4.21. The zero-order valence-corrected chi connectivity index (χ0v) is 20.8. The van der Waals surface area contributed by atoms with Crippen molar-refractivity contribution in [2.45, 2.75) is 122 Å². The van der Waals surface area contributed by atoms with Gasteiger partial charge in [-0.1, -0.05) is 78.1 Å². The third kappa shape index (κ3) is 18.6. The molecule has 0 radical (unpaired) electrons. The number of aliphatic hydroxyl groups excluding tert-OH is 1. The van der Waals surface area contributed by atoms with Crippen LogP contribution >= 0.6 is 0 Å². The van der Waals surface area contributed by atoms with Crippen molar-refractivity contribution >= 4 is 10.1 Å². The minimum absolute atomic E-state index is 0. The monoisotopic (exact) mass is 402 g/mol. The van der Waals surface area contributed by atoms with Gasteiger partial charge in [-0.25, -0.2) is 8.42 Å². The van der Waals surface area contributed by atoms with Gasteiger partial charge in [-0.05, 0) is 32.1 Å². The number of hydrogen-bond donors (Lipinski definition) is 1. The molecule has 0 heterocycles. The molecule has 0 aromatic heterocycles. The molecule has 2 unspecified atom stereocenters. The fourth-order valence-electron chi connectivity index (χ4n) is 3.12. The van der Waals surface area contributed by atoms with Crippen LogP contribution in [0.4, 0.5) is 0 Å². The molecule has 4 nitrogen and oxygen atoms in total. The first-order valence-electron chi connectivity index (χ1n) is 10.0. The first-order valence-corrected chi connectivity index (χ1v) is 11.5. The molecule has 0 amide bonds. The van der Waals surface area contributed by atoms with Gasteiger partial charge in [0.1, 0.15) is 0 Å². The summed E-state index contributed by atoms with van der Waals surface area (Å²) in [4.78, 5) is 0. The molecule has 0 aliphatic rings. The normalized spacial score (nSPS) is 14.1. The maximum absolute atomic E-state index is 11.4. The Morgan fingerprint density at radius 2 is 1.12 bits per heavy atom. The summed E-state index contributed by atoms with van der Waals surface area (Å²) < 4.78 is 34.1. The summed E-state index contributed by atoms with van der Waals surface area (Å²) in [5, 5.41) is 9.22. The Balaban J connectivity index is 0. The zero-order valence-electron chi connectivity index (χ0n) is 16.8. The Hall–Kier alpha value is 1.51. The molecular weight excluding hydrogens is 363 g/mol. The van der Waals surface area contributed by atoms with Crippen LogP contribution in [-0.2, 0) is 10.1 Å². The summed E-state index contributed by atoms with van der Waals surface area (Å²) in [6.45, 7) is 4.30. The van der Waals surface area contributed by atoms with Crippen molar-refractivity contribution in [2.75, 3.05) is 0 Å². The zero-order chi connectivity index (χ0) is 18.3. The molecule has 0 bridgehead atoms. The third-order valence-corrected chi connectivity index (χ3v) is 6.03. The fraction of sp³-hybridized carbons (Fsp3) is 1.00. The van der Waals surface area contributed by atoms with E-state index in [1.165, 1.54) is 25.7 Å². The molecule has 0 saturated carbocycles. The molecule has 0 fully saturated rings. The topological polar surface area (TPSA) is 77.4 Å². The van der Waals surface area contributed by atoms with Crippen molar-refractivity contribution < 1.29 is 69.5 Å². The smallest absolute Gasteiger partial charge is 0.748 e. The van der Waals surface area contributed by atoms with Crippen molar-refractivity contribution in [3.05, 3.63) is 0 Å². The molecule has 146 valence electrons. The number of rotatable bonds is 17. The molecule has 0 aromatic carbocycles. The maximum atomic E-state index is 11.4. The Kier molecular flexibility index (Phi) is 21.7. The molecule has 0 aliphatic carbocycles. The first kappa shape index (κ1) is 28.7. The van der Waals surface area contributed by atoms with Gasteiger partial charge in [0.2, 0.25) is 0 Å². The molecule has 2 atom stereocenters. The molecule has 25 heavy (non-hydrogen) atoms. The van der Waals surface area contributed by atoms with E-state index in [1.807, 2.05) is 0 Å². The minimum Gasteiger partial charge on any atom is -0.748 e. The van der Waals surface area contributed by atoms with Gasteiger partial charge in [0.05, 0.1) is 16.2 Å². The van der Waals surface area contributed by atoms with Crippen LogP contribution in [0, 0.1) is 0 Å². The van der Waals surface area contributed by atoms with E-state index in [-0.39, 0.29) is 57.5 Å². The van der Waals surface area contributed by atoms with Gasteiger partial charge in [0.15, 0.2) is 0 Å². The van der Waals surface area contributed by atoms with E-state index >= 15 is 0 Å². The van der Waals surface area contributed by atoms with E-state index < -0.39 is 15.4 Å².